The summed E-state index contributed by atoms with van der Waals surface area (Å²) in [4.78, 5) is 5.77. The molecule has 0 saturated heterocycles. The summed E-state index contributed by atoms with van der Waals surface area (Å²) >= 11 is 1.81. The molecule has 0 aliphatic heterocycles. The van der Waals surface area contributed by atoms with Crippen LogP contribution in [0.2, 0.25) is 0 Å². The van der Waals surface area contributed by atoms with Crippen LogP contribution in [0, 0.1) is 0 Å². The van der Waals surface area contributed by atoms with Crippen LogP contribution in [-0.4, -0.2) is 11.5 Å². The maximum atomic E-state index is 4.40. The van der Waals surface area contributed by atoms with Gasteiger partial charge in [0.1, 0.15) is 5.01 Å². The molecular formula is C15H20N2S. The Labute approximate surface area is 113 Å². The van der Waals surface area contributed by atoms with Crippen LogP contribution in [0.25, 0.3) is 0 Å². The van der Waals surface area contributed by atoms with Gasteiger partial charge >= 0.3 is 0 Å². The smallest absolute Gasteiger partial charge is 0.107 e. The Balaban J connectivity index is 1.61. The summed E-state index contributed by atoms with van der Waals surface area (Å²) in [6.45, 7) is 4.12. The van der Waals surface area contributed by atoms with Crippen LogP contribution in [0.15, 0.2) is 36.5 Å². The zero-order valence-corrected chi connectivity index (χ0v) is 11.7. The molecule has 1 aromatic heterocycles. The zero-order chi connectivity index (χ0) is 12.6. The van der Waals surface area contributed by atoms with E-state index >= 15 is 0 Å². The van der Waals surface area contributed by atoms with Crippen molar-refractivity contribution in [1.82, 2.24) is 10.3 Å². The van der Waals surface area contributed by atoms with E-state index in [1.165, 1.54) is 21.9 Å². The van der Waals surface area contributed by atoms with Crippen LogP contribution in [0.3, 0.4) is 0 Å². The molecule has 18 heavy (non-hydrogen) atoms. The van der Waals surface area contributed by atoms with Gasteiger partial charge in [-0.25, -0.2) is 4.98 Å². The Kier molecular flexibility index (Phi) is 5.36. The van der Waals surface area contributed by atoms with Crippen LogP contribution in [-0.2, 0) is 19.4 Å². The number of nitrogens with zero attached hydrogens (tertiary/aromatic N) is 1. The molecule has 0 aliphatic carbocycles. The molecule has 0 saturated carbocycles. The van der Waals surface area contributed by atoms with E-state index < -0.39 is 0 Å². The van der Waals surface area contributed by atoms with Crippen LogP contribution in [0.4, 0.5) is 0 Å². The zero-order valence-electron chi connectivity index (χ0n) is 10.9. The lowest BCUT2D eigenvalue weighted by atomic mass is 10.1. The molecule has 96 valence electrons. The van der Waals surface area contributed by atoms with Gasteiger partial charge in [-0.3, -0.25) is 0 Å². The van der Waals surface area contributed by atoms with Crippen molar-refractivity contribution in [2.75, 3.05) is 6.54 Å². The highest BCUT2D eigenvalue weighted by molar-refractivity contribution is 7.11. The molecule has 1 heterocycles. The SMILES string of the molecule is CCc1cnc(CNCCCc2ccccc2)s1. The van der Waals surface area contributed by atoms with Gasteiger partial charge in [-0.2, -0.15) is 0 Å². The highest BCUT2D eigenvalue weighted by Gasteiger charge is 1.99. The summed E-state index contributed by atoms with van der Waals surface area (Å²) in [6.07, 6.45) is 5.40. The van der Waals surface area contributed by atoms with Crippen LogP contribution in [0.5, 0.6) is 0 Å². The standard InChI is InChI=1S/C15H20N2S/c1-2-14-11-17-15(18-14)12-16-10-6-9-13-7-4-3-5-8-13/h3-5,7-8,11,16H,2,6,9-10,12H2,1H3. The third-order valence-electron chi connectivity index (χ3n) is 2.89. The summed E-state index contributed by atoms with van der Waals surface area (Å²) in [7, 11) is 0. The Morgan fingerprint density at radius 2 is 2.06 bits per heavy atom. The van der Waals surface area contributed by atoms with E-state index in [0.717, 1.165) is 25.9 Å². The molecule has 1 N–H and O–H groups in total. The first-order chi connectivity index (χ1) is 8.88. The van der Waals surface area contributed by atoms with Gasteiger partial charge in [0, 0.05) is 17.6 Å². The molecule has 0 aliphatic rings. The van der Waals surface area contributed by atoms with Crippen molar-refractivity contribution < 1.29 is 0 Å². The number of hydrogen-bond donors (Lipinski definition) is 1. The number of benzene rings is 1. The van der Waals surface area contributed by atoms with Crippen LogP contribution >= 0.6 is 11.3 Å². The van der Waals surface area contributed by atoms with Gasteiger partial charge in [0.2, 0.25) is 0 Å². The summed E-state index contributed by atoms with van der Waals surface area (Å²) in [6, 6.07) is 10.6. The van der Waals surface area contributed by atoms with Gasteiger partial charge in [0.15, 0.2) is 0 Å². The van der Waals surface area contributed by atoms with E-state index in [-0.39, 0.29) is 0 Å². The molecule has 1 aromatic carbocycles. The van der Waals surface area contributed by atoms with Gasteiger partial charge < -0.3 is 5.32 Å². The van der Waals surface area contributed by atoms with E-state index in [2.05, 4.69) is 47.6 Å². The second-order valence-corrected chi connectivity index (χ2v) is 5.54. The molecule has 3 heteroatoms. The van der Waals surface area contributed by atoms with Gasteiger partial charge in [-0.05, 0) is 31.4 Å². The molecule has 0 unspecified atom stereocenters. The van der Waals surface area contributed by atoms with Crippen molar-refractivity contribution >= 4 is 11.3 Å². The molecule has 0 radical (unpaired) electrons. The largest absolute Gasteiger partial charge is 0.310 e. The van der Waals surface area contributed by atoms with E-state index in [0.29, 0.717) is 0 Å². The van der Waals surface area contributed by atoms with Crippen LogP contribution < -0.4 is 5.32 Å². The van der Waals surface area contributed by atoms with Crippen molar-refractivity contribution in [2.45, 2.75) is 32.7 Å². The normalized spacial score (nSPS) is 10.7. The molecule has 2 nitrogen and oxygen atoms in total. The fraction of sp³-hybridized carbons (Fsp3) is 0.400. The summed E-state index contributed by atoms with van der Waals surface area (Å²) in [5, 5.41) is 4.66. The van der Waals surface area contributed by atoms with Gasteiger partial charge in [0.05, 0.1) is 0 Å². The number of aromatic nitrogens is 1. The predicted octanol–water partition coefficient (Wildman–Crippen LogP) is 3.43. The fourth-order valence-electron chi connectivity index (χ4n) is 1.85. The first kappa shape index (κ1) is 13.2. The number of aryl methyl sites for hydroxylation is 2. The summed E-state index contributed by atoms with van der Waals surface area (Å²) in [5.74, 6) is 0. The molecule has 0 amide bonds. The fourth-order valence-corrected chi connectivity index (χ4v) is 2.68. The Morgan fingerprint density at radius 3 is 2.78 bits per heavy atom. The van der Waals surface area contributed by atoms with Crippen molar-refractivity contribution in [3.05, 3.63) is 52.0 Å². The number of rotatable bonds is 7. The molecule has 0 fully saturated rings. The minimum atomic E-state index is 0.902. The van der Waals surface area contributed by atoms with E-state index in [1.54, 1.807) is 0 Å². The van der Waals surface area contributed by atoms with Gasteiger partial charge in [-0.15, -0.1) is 11.3 Å². The molecule has 0 spiro atoms. The quantitative estimate of drug-likeness (QED) is 0.772. The predicted molar refractivity (Wildman–Crippen MR) is 78.0 cm³/mol. The monoisotopic (exact) mass is 260 g/mol. The second kappa shape index (κ2) is 7.29. The maximum Gasteiger partial charge on any atom is 0.107 e. The van der Waals surface area contributed by atoms with Gasteiger partial charge in [-0.1, -0.05) is 37.3 Å². The summed E-state index contributed by atoms with van der Waals surface area (Å²) in [5.41, 5.74) is 1.42. The summed E-state index contributed by atoms with van der Waals surface area (Å²) < 4.78 is 0. The lowest BCUT2D eigenvalue weighted by Gasteiger charge is -2.03. The Bertz CT molecular complexity index is 451. The second-order valence-electron chi connectivity index (χ2n) is 4.34. The molecule has 0 bridgehead atoms. The third-order valence-corrected chi connectivity index (χ3v) is 4.03. The average molecular weight is 260 g/mol. The topological polar surface area (TPSA) is 24.9 Å². The average Bonchev–Trinajstić information content (AvgIpc) is 2.87. The van der Waals surface area contributed by atoms with Crippen molar-refractivity contribution in [3.8, 4) is 0 Å². The minimum absolute atomic E-state index is 0.902. The van der Waals surface area contributed by atoms with Crippen molar-refractivity contribution in [1.29, 1.82) is 0 Å². The number of thiazole rings is 1. The third kappa shape index (κ3) is 4.24. The van der Waals surface area contributed by atoms with E-state index in [1.807, 2.05) is 17.5 Å². The number of nitrogens with one attached hydrogen (secondary N) is 1. The first-order valence-electron chi connectivity index (χ1n) is 6.56. The Hall–Kier alpha value is -1.19. The number of hydrogen-bond acceptors (Lipinski definition) is 3. The molecule has 0 atom stereocenters. The van der Waals surface area contributed by atoms with Crippen molar-refractivity contribution in [2.24, 2.45) is 0 Å². The molecule has 2 rings (SSSR count). The minimum Gasteiger partial charge on any atom is -0.310 e. The lowest BCUT2D eigenvalue weighted by molar-refractivity contribution is 0.647. The highest BCUT2D eigenvalue weighted by atomic mass is 32.1. The van der Waals surface area contributed by atoms with E-state index in [4.69, 9.17) is 0 Å². The first-order valence-corrected chi connectivity index (χ1v) is 7.38. The van der Waals surface area contributed by atoms with E-state index in [9.17, 15) is 0 Å². The van der Waals surface area contributed by atoms with Crippen LogP contribution in [0.1, 0.15) is 28.8 Å². The van der Waals surface area contributed by atoms with Gasteiger partial charge in [0.25, 0.3) is 0 Å². The highest BCUT2D eigenvalue weighted by Crippen LogP contribution is 2.12. The van der Waals surface area contributed by atoms with Crippen molar-refractivity contribution in [3.63, 3.8) is 0 Å². The maximum absolute atomic E-state index is 4.40. The Morgan fingerprint density at radius 1 is 1.22 bits per heavy atom. The molecule has 2 aromatic rings. The lowest BCUT2D eigenvalue weighted by Crippen LogP contribution is -2.15. The molecular weight excluding hydrogens is 240 g/mol.